The lowest BCUT2D eigenvalue weighted by Gasteiger charge is -2.12. The molecule has 5 nitrogen and oxygen atoms in total. The van der Waals surface area contributed by atoms with Crippen molar-refractivity contribution in [2.24, 2.45) is 11.5 Å². The molecule has 1 unspecified atom stereocenters. The second kappa shape index (κ2) is 3.36. The lowest BCUT2D eigenvalue weighted by molar-refractivity contribution is 0.171. The molecule has 1 aliphatic heterocycles. The molecule has 1 aromatic carbocycles. The quantitative estimate of drug-likeness (QED) is 0.623. The molecule has 0 fully saturated rings. The summed E-state index contributed by atoms with van der Waals surface area (Å²) in [6, 6.07) is 3.03. The van der Waals surface area contributed by atoms with Crippen LogP contribution in [0.2, 0.25) is 0 Å². The number of hydrogen-bond donors (Lipinski definition) is 3. The van der Waals surface area contributed by atoms with Crippen LogP contribution in [0.5, 0.6) is 17.2 Å². The third kappa shape index (κ3) is 1.26. The van der Waals surface area contributed by atoms with Crippen LogP contribution in [0.25, 0.3) is 0 Å². The highest BCUT2D eigenvalue weighted by atomic mass is 16.7. The molecule has 1 aliphatic rings. The highest BCUT2D eigenvalue weighted by Crippen LogP contribution is 2.43. The Morgan fingerprint density at radius 3 is 2.93 bits per heavy atom. The summed E-state index contributed by atoms with van der Waals surface area (Å²) in [6.45, 7) is 0.400. The molecule has 5 N–H and O–H groups in total. The Hall–Kier alpha value is -1.46. The van der Waals surface area contributed by atoms with E-state index in [1.54, 1.807) is 12.1 Å². The number of ether oxygens (including phenoxy) is 2. The van der Waals surface area contributed by atoms with Crippen LogP contribution >= 0.6 is 0 Å². The summed E-state index contributed by atoms with van der Waals surface area (Å²) in [6.07, 6.45) is 0. The maximum Gasteiger partial charge on any atom is 0.231 e. The fraction of sp³-hybridized carbons (Fsp3) is 0.333. The molecule has 76 valence electrons. The predicted octanol–water partition coefficient (Wildman–Crippen LogP) is 0.0794. The van der Waals surface area contributed by atoms with Crippen LogP contribution in [0.1, 0.15) is 11.6 Å². The second-order valence-electron chi connectivity index (χ2n) is 3.08. The van der Waals surface area contributed by atoms with Crippen molar-refractivity contribution < 1.29 is 14.6 Å². The third-order valence-corrected chi connectivity index (χ3v) is 2.20. The summed E-state index contributed by atoms with van der Waals surface area (Å²) in [4.78, 5) is 0. The van der Waals surface area contributed by atoms with Crippen LogP contribution in [0.4, 0.5) is 0 Å². The molecule has 0 aliphatic carbocycles. The van der Waals surface area contributed by atoms with E-state index in [0.29, 0.717) is 17.1 Å². The van der Waals surface area contributed by atoms with Gasteiger partial charge in [0.1, 0.15) is 0 Å². The normalized spacial score (nSPS) is 15.6. The average molecular weight is 196 g/mol. The van der Waals surface area contributed by atoms with Gasteiger partial charge in [0.25, 0.3) is 0 Å². The second-order valence-corrected chi connectivity index (χ2v) is 3.08. The number of nitrogens with two attached hydrogens (primary N) is 2. The van der Waals surface area contributed by atoms with E-state index in [2.05, 4.69) is 0 Å². The van der Waals surface area contributed by atoms with Crippen molar-refractivity contribution in [2.45, 2.75) is 6.04 Å². The first-order valence-corrected chi connectivity index (χ1v) is 4.31. The molecule has 0 saturated carbocycles. The van der Waals surface area contributed by atoms with Crippen molar-refractivity contribution in [3.8, 4) is 17.2 Å². The van der Waals surface area contributed by atoms with Crippen LogP contribution in [0.15, 0.2) is 12.1 Å². The molecular weight excluding hydrogens is 184 g/mol. The van der Waals surface area contributed by atoms with Gasteiger partial charge in [0, 0.05) is 18.2 Å². The van der Waals surface area contributed by atoms with E-state index >= 15 is 0 Å². The summed E-state index contributed by atoms with van der Waals surface area (Å²) in [5.74, 6) is 0.917. The predicted molar refractivity (Wildman–Crippen MR) is 50.2 cm³/mol. The maximum absolute atomic E-state index is 9.77. The van der Waals surface area contributed by atoms with Crippen LogP contribution in [0.3, 0.4) is 0 Å². The van der Waals surface area contributed by atoms with Crippen LogP contribution in [0, 0.1) is 0 Å². The van der Waals surface area contributed by atoms with E-state index in [1.165, 1.54) is 0 Å². The summed E-state index contributed by atoms with van der Waals surface area (Å²) < 4.78 is 10.2. The van der Waals surface area contributed by atoms with Crippen molar-refractivity contribution in [1.82, 2.24) is 0 Å². The Morgan fingerprint density at radius 2 is 2.21 bits per heavy atom. The number of phenolic OH excluding ortho intramolecular Hbond substituents is 1. The van der Waals surface area contributed by atoms with Crippen molar-refractivity contribution in [2.75, 3.05) is 13.3 Å². The zero-order valence-corrected chi connectivity index (χ0v) is 7.56. The van der Waals surface area contributed by atoms with Crippen LogP contribution < -0.4 is 20.9 Å². The molecule has 0 spiro atoms. The Labute approximate surface area is 81.2 Å². The first kappa shape index (κ1) is 9.11. The number of aromatic hydroxyl groups is 1. The first-order chi connectivity index (χ1) is 6.74. The minimum Gasteiger partial charge on any atom is -0.504 e. The van der Waals surface area contributed by atoms with E-state index in [9.17, 15) is 5.11 Å². The van der Waals surface area contributed by atoms with Gasteiger partial charge in [0.05, 0.1) is 0 Å². The number of benzene rings is 1. The van der Waals surface area contributed by atoms with E-state index in [-0.39, 0.29) is 25.1 Å². The smallest absolute Gasteiger partial charge is 0.231 e. The zero-order valence-electron chi connectivity index (χ0n) is 7.56. The Morgan fingerprint density at radius 1 is 1.43 bits per heavy atom. The van der Waals surface area contributed by atoms with Gasteiger partial charge >= 0.3 is 0 Å². The van der Waals surface area contributed by atoms with Gasteiger partial charge in [-0.1, -0.05) is 0 Å². The van der Waals surface area contributed by atoms with Gasteiger partial charge in [-0.05, 0) is 12.1 Å². The molecule has 0 amide bonds. The van der Waals surface area contributed by atoms with Crippen LogP contribution in [-0.2, 0) is 0 Å². The number of phenols is 1. The SMILES string of the molecule is NCC(N)c1ccc2c(c1O)OCO2. The van der Waals surface area contributed by atoms with Gasteiger partial charge in [-0.15, -0.1) is 0 Å². The molecule has 1 atom stereocenters. The van der Waals surface area contributed by atoms with Gasteiger partial charge in [0.2, 0.25) is 12.5 Å². The molecule has 14 heavy (non-hydrogen) atoms. The van der Waals surface area contributed by atoms with Crippen molar-refractivity contribution in [1.29, 1.82) is 0 Å². The third-order valence-electron chi connectivity index (χ3n) is 2.20. The largest absolute Gasteiger partial charge is 0.504 e. The summed E-state index contributed by atoms with van der Waals surface area (Å²) in [5.41, 5.74) is 11.7. The molecule has 0 radical (unpaired) electrons. The molecule has 0 aromatic heterocycles. The highest BCUT2D eigenvalue weighted by Gasteiger charge is 2.22. The zero-order chi connectivity index (χ0) is 10.1. The van der Waals surface area contributed by atoms with Gasteiger partial charge in [-0.3, -0.25) is 0 Å². The maximum atomic E-state index is 9.77. The lowest BCUT2D eigenvalue weighted by atomic mass is 10.1. The molecule has 1 heterocycles. The van der Waals surface area contributed by atoms with Gasteiger partial charge < -0.3 is 26.0 Å². The van der Waals surface area contributed by atoms with Crippen molar-refractivity contribution in [3.05, 3.63) is 17.7 Å². The van der Waals surface area contributed by atoms with Crippen molar-refractivity contribution in [3.63, 3.8) is 0 Å². The summed E-state index contributed by atoms with van der Waals surface area (Å²) in [7, 11) is 0. The van der Waals surface area contributed by atoms with Gasteiger partial charge in [-0.2, -0.15) is 0 Å². The fourth-order valence-corrected chi connectivity index (χ4v) is 1.40. The number of fused-ring (bicyclic) bond motifs is 1. The van der Waals surface area contributed by atoms with E-state index in [4.69, 9.17) is 20.9 Å². The fourth-order valence-electron chi connectivity index (χ4n) is 1.40. The summed E-state index contributed by atoms with van der Waals surface area (Å²) >= 11 is 0. The Bertz CT molecular complexity index is 354. The highest BCUT2D eigenvalue weighted by molar-refractivity contribution is 5.56. The van der Waals surface area contributed by atoms with E-state index < -0.39 is 0 Å². The standard InChI is InChI=1S/C9H12N2O3/c10-3-6(11)5-1-2-7-9(8(5)12)14-4-13-7/h1-2,6,12H,3-4,10-11H2. The number of hydrogen-bond acceptors (Lipinski definition) is 5. The van der Waals surface area contributed by atoms with E-state index in [0.717, 1.165) is 0 Å². The molecular formula is C9H12N2O3. The van der Waals surface area contributed by atoms with E-state index in [1.807, 2.05) is 0 Å². The molecule has 0 saturated heterocycles. The minimum absolute atomic E-state index is 0.0259. The summed E-state index contributed by atoms with van der Waals surface area (Å²) in [5, 5.41) is 9.77. The average Bonchev–Trinajstić information content (AvgIpc) is 2.66. The lowest BCUT2D eigenvalue weighted by Crippen LogP contribution is -2.20. The topological polar surface area (TPSA) is 90.7 Å². The monoisotopic (exact) mass is 196 g/mol. The van der Waals surface area contributed by atoms with Crippen molar-refractivity contribution >= 4 is 0 Å². The molecule has 0 bridgehead atoms. The molecule has 2 rings (SSSR count). The molecule has 5 heteroatoms. The van der Waals surface area contributed by atoms with Crippen LogP contribution in [-0.4, -0.2) is 18.4 Å². The number of rotatable bonds is 2. The van der Waals surface area contributed by atoms with Gasteiger partial charge in [0.15, 0.2) is 11.5 Å². The minimum atomic E-state index is -0.385. The van der Waals surface area contributed by atoms with Gasteiger partial charge in [-0.25, -0.2) is 0 Å². The molecule has 1 aromatic rings. The first-order valence-electron chi connectivity index (χ1n) is 4.31. The Kier molecular flexibility index (Phi) is 2.18. The Balaban J connectivity index is 2.44.